The molecule has 76 valence electrons. The first-order valence-electron chi connectivity index (χ1n) is 4.15. The SMILES string of the molecule is CC(C)[C@H](N)C(=O)N[C@H](C)C(=O)O. The maximum Gasteiger partial charge on any atom is 0.325 e. The highest BCUT2D eigenvalue weighted by Crippen LogP contribution is 1.98. The lowest BCUT2D eigenvalue weighted by Gasteiger charge is -2.17. The minimum atomic E-state index is -1.07. The minimum Gasteiger partial charge on any atom is -0.480 e. The second kappa shape index (κ2) is 4.81. The summed E-state index contributed by atoms with van der Waals surface area (Å²) in [6.07, 6.45) is 0. The van der Waals surface area contributed by atoms with Gasteiger partial charge in [-0.15, -0.1) is 0 Å². The molecular weight excluding hydrogens is 172 g/mol. The molecule has 0 aromatic rings. The summed E-state index contributed by atoms with van der Waals surface area (Å²) in [4.78, 5) is 21.6. The van der Waals surface area contributed by atoms with E-state index >= 15 is 0 Å². The molecule has 0 aromatic carbocycles. The van der Waals surface area contributed by atoms with Crippen molar-refractivity contribution >= 4 is 11.9 Å². The number of carbonyl (C=O) groups excluding carboxylic acids is 1. The second-order valence-electron chi connectivity index (χ2n) is 3.34. The first-order chi connectivity index (χ1) is 5.86. The van der Waals surface area contributed by atoms with Gasteiger partial charge in [0.1, 0.15) is 6.04 Å². The van der Waals surface area contributed by atoms with E-state index in [1.807, 2.05) is 0 Å². The molecule has 0 aliphatic carbocycles. The van der Waals surface area contributed by atoms with Gasteiger partial charge in [-0.1, -0.05) is 13.8 Å². The van der Waals surface area contributed by atoms with Crippen LogP contribution in [0.15, 0.2) is 0 Å². The third-order valence-corrected chi connectivity index (χ3v) is 1.75. The van der Waals surface area contributed by atoms with Crippen LogP contribution in [-0.4, -0.2) is 29.1 Å². The molecule has 0 rings (SSSR count). The van der Waals surface area contributed by atoms with Crippen LogP contribution in [0.25, 0.3) is 0 Å². The molecule has 5 heteroatoms. The first-order valence-corrected chi connectivity index (χ1v) is 4.15. The van der Waals surface area contributed by atoms with E-state index in [0.717, 1.165) is 0 Å². The Morgan fingerprint density at radius 2 is 1.77 bits per heavy atom. The zero-order valence-corrected chi connectivity index (χ0v) is 8.07. The molecule has 2 atom stereocenters. The van der Waals surface area contributed by atoms with Crippen molar-refractivity contribution in [1.82, 2.24) is 5.32 Å². The van der Waals surface area contributed by atoms with E-state index < -0.39 is 24.0 Å². The molecule has 0 aliphatic heterocycles. The monoisotopic (exact) mass is 188 g/mol. The number of carboxylic acids is 1. The molecular formula is C8H16N2O3. The number of hydrogen-bond donors (Lipinski definition) is 3. The predicted molar refractivity (Wildman–Crippen MR) is 48.1 cm³/mol. The molecule has 0 aromatic heterocycles. The van der Waals surface area contributed by atoms with Gasteiger partial charge in [0.25, 0.3) is 0 Å². The number of nitrogens with two attached hydrogens (primary N) is 1. The van der Waals surface area contributed by atoms with Crippen LogP contribution < -0.4 is 11.1 Å². The summed E-state index contributed by atoms with van der Waals surface area (Å²) in [6.45, 7) is 5.00. The van der Waals surface area contributed by atoms with Gasteiger partial charge in [-0.2, -0.15) is 0 Å². The maximum atomic E-state index is 11.2. The van der Waals surface area contributed by atoms with Crippen molar-refractivity contribution in [3.8, 4) is 0 Å². The van der Waals surface area contributed by atoms with Crippen molar-refractivity contribution in [2.45, 2.75) is 32.9 Å². The summed E-state index contributed by atoms with van der Waals surface area (Å²) in [5.74, 6) is -1.49. The Morgan fingerprint density at radius 3 is 2.08 bits per heavy atom. The van der Waals surface area contributed by atoms with Crippen LogP contribution in [0, 0.1) is 5.92 Å². The lowest BCUT2D eigenvalue weighted by atomic mass is 10.0. The Bertz CT molecular complexity index is 204. The fraction of sp³-hybridized carbons (Fsp3) is 0.750. The molecule has 4 N–H and O–H groups in total. The highest BCUT2D eigenvalue weighted by atomic mass is 16.4. The highest BCUT2D eigenvalue weighted by Gasteiger charge is 2.21. The predicted octanol–water partition coefficient (Wildman–Crippen LogP) is -0.441. The van der Waals surface area contributed by atoms with Crippen molar-refractivity contribution in [1.29, 1.82) is 0 Å². The minimum absolute atomic E-state index is 0.000921. The molecule has 0 aliphatic rings. The summed E-state index contributed by atoms with van der Waals surface area (Å²) < 4.78 is 0. The smallest absolute Gasteiger partial charge is 0.325 e. The van der Waals surface area contributed by atoms with Crippen LogP contribution >= 0.6 is 0 Å². The van der Waals surface area contributed by atoms with Crippen LogP contribution in [-0.2, 0) is 9.59 Å². The fourth-order valence-electron chi connectivity index (χ4n) is 0.674. The zero-order valence-electron chi connectivity index (χ0n) is 8.07. The Labute approximate surface area is 77.3 Å². The average Bonchev–Trinajstić information content (AvgIpc) is 2.02. The lowest BCUT2D eigenvalue weighted by Crippen LogP contribution is -2.49. The molecule has 1 amide bonds. The van der Waals surface area contributed by atoms with Gasteiger partial charge in [0.2, 0.25) is 5.91 Å². The van der Waals surface area contributed by atoms with Gasteiger partial charge in [-0.3, -0.25) is 9.59 Å². The molecule has 5 nitrogen and oxygen atoms in total. The van der Waals surface area contributed by atoms with Crippen molar-refractivity contribution < 1.29 is 14.7 Å². The molecule has 0 fully saturated rings. The molecule has 0 spiro atoms. The van der Waals surface area contributed by atoms with E-state index in [2.05, 4.69) is 5.32 Å². The van der Waals surface area contributed by atoms with E-state index in [-0.39, 0.29) is 5.92 Å². The second-order valence-corrected chi connectivity index (χ2v) is 3.34. The van der Waals surface area contributed by atoms with Gasteiger partial charge in [0, 0.05) is 0 Å². The lowest BCUT2D eigenvalue weighted by molar-refractivity contribution is -0.141. The number of rotatable bonds is 4. The van der Waals surface area contributed by atoms with Crippen molar-refractivity contribution in [2.24, 2.45) is 11.7 Å². The average molecular weight is 188 g/mol. The van der Waals surface area contributed by atoms with Crippen molar-refractivity contribution in [3.63, 3.8) is 0 Å². The number of hydrogen-bond acceptors (Lipinski definition) is 3. The molecule has 0 saturated carbocycles. The van der Waals surface area contributed by atoms with Crippen LogP contribution in [0.1, 0.15) is 20.8 Å². The molecule has 13 heavy (non-hydrogen) atoms. The Morgan fingerprint density at radius 1 is 1.31 bits per heavy atom. The van der Waals surface area contributed by atoms with Crippen molar-refractivity contribution in [3.05, 3.63) is 0 Å². The molecule has 0 heterocycles. The van der Waals surface area contributed by atoms with Crippen LogP contribution in [0.4, 0.5) is 0 Å². The van der Waals surface area contributed by atoms with Gasteiger partial charge in [0.05, 0.1) is 6.04 Å². The largest absolute Gasteiger partial charge is 0.480 e. The molecule has 0 bridgehead atoms. The first kappa shape index (κ1) is 11.9. The Balaban J connectivity index is 4.08. The number of amides is 1. The topological polar surface area (TPSA) is 92.4 Å². The fourth-order valence-corrected chi connectivity index (χ4v) is 0.674. The summed E-state index contributed by atoms with van der Waals surface area (Å²) >= 11 is 0. The summed E-state index contributed by atoms with van der Waals surface area (Å²) in [5, 5.41) is 10.8. The summed E-state index contributed by atoms with van der Waals surface area (Å²) in [6, 6.07) is -1.54. The van der Waals surface area contributed by atoms with E-state index in [1.165, 1.54) is 6.92 Å². The zero-order chi connectivity index (χ0) is 10.6. The summed E-state index contributed by atoms with van der Waals surface area (Å²) in [7, 11) is 0. The van der Waals surface area contributed by atoms with Crippen LogP contribution in [0.5, 0.6) is 0 Å². The van der Waals surface area contributed by atoms with E-state index in [9.17, 15) is 9.59 Å². The van der Waals surface area contributed by atoms with E-state index in [1.54, 1.807) is 13.8 Å². The number of carbonyl (C=O) groups is 2. The van der Waals surface area contributed by atoms with Gasteiger partial charge in [-0.25, -0.2) is 0 Å². The molecule has 0 unspecified atom stereocenters. The third kappa shape index (κ3) is 3.89. The quantitative estimate of drug-likeness (QED) is 0.557. The van der Waals surface area contributed by atoms with Crippen LogP contribution in [0.3, 0.4) is 0 Å². The Kier molecular flexibility index (Phi) is 4.40. The van der Waals surface area contributed by atoms with Crippen LogP contribution in [0.2, 0.25) is 0 Å². The maximum absolute atomic E-state index is 11.2. The van der Waals surface area contributed by atoms with Gasteiger partial charge in [0.15, 0.2) is 0 Å². The highest BCUT2D eigenvalue weighted by molar-refractivity contribution is 5.86. The van der Waals surface area contributed by atoms with E-state index in [0.29, 0.717) is 0 Å². The molecule has 0 radical (unpaired) electrons. The van der Waals surface area contributed by atoms with Gasteiger partial charge in [-0.05, 0) is 12.8 Å². The third-order valence-electron chi connectivity index (χ3n) is 1.75. The normalized spacial score (nSPS) is 15.2. The van der Waals surface area contributed by atoms with Gasteiger partial charge < -0.3 is 16.2 Å². The standard InChI is InChI=1S/C8H16N2O3/c1-4(2)6(9)7(11)10-5(3)8(12)13/h4-6H,9H2,1-3H3,(H,10,11)(H,12,13)/t5-,6+/m1/s1. The van der Waals surface area contributed by atoms with Gasteiger partial charge >= 0.3 is 5.97 Å². The number of carboxylic acid groups (broad SMARTS) is 1. The summed E-state index contributed by atoms with van der Waals surface area (Å²) in [5.41, 5.74) is 5.50. The van der Waals surface area contributed by atoms with Crippen molar-refractivity contribution in [2.75, 3.05) is 0 Å². The molecule has 0 saturated heterocycles. The number of nitrogens with one attached hydrogen (secondary N) is 1. The van der Waals surface area contributed by atoms with E-state index in [4.69, 9.17) is 10.8 Å². The number of aliphatic carboxylic acids is 1. The Hall–Kier alpha value is -1.10.